The van der Waals surface area contributed by atoms with Gasteiger partial charge in [-0.15, -0.1) is 0 Å². The maximum Gasteiger partial charge on any atom is 0.127 e. The lowest BCUT2D eigenvalue weighted by atomic mass is 9.74. The second kappa shape index (κ2) is 7.42. The largest absolute Gasteiger partial charge is 0.305 e. The Balaban J connectivity index is 1.44. The molecule has 3 aromatic carbocycles. The number of halogens is 1. The topological polar surface area (TPSA) is 3.24 Å². The molecular formula is C27H28FN. The van der Waals surface area contributed by atoms with Crippen LogP contribution in [0.4, 0.5) is 4.39 Å². The zero-order chi connectivity index (χ0) is 20.0. The van der Waals surface area contributed by atoms with Gasteiger partial charge in [-0.3, -0.25) is 0 Å². The van der Waals surface area contributed by atoms with Crippen LogP contribution in [0.3, 0.4) is 0 Å². The average molecular weight is 386 g/mol. The summed E-state index contributed by atoms with van der Waals surface area (Å²) in [7, 11) is 3.95. The summed E-state index contributed by atoms with van der Waals surface area (Å²) in [6.45, 7) is 0.646. The smallest absolute Gasteiger partial charge is 0.127 e. The molecule has 3 aromatic rings. The highest BCUT2D eigenvalue weighted by atomic mass is 19.1. The van der Waals surface area contributed by atoms with Crippen molar-refractivity contribution < 1.29 is 4.39 Å². The minimum absolute atomic E-state index is 0.0657. The van der Waals surface area contributed by atoms with E-state index in [2.05, 4.69) is 42.5 Å². The van der Waals surface area contributed by atoms with E-state index in [9.17, 15) is 4.39 Å². The fraction of sp³-hybridized carbons (Fsp3) is 0.333. The first-order valence-electron chi connectivity index (χ1n) is 10.7. The Morgan fingerprint density at radius 3 is 2.55 bits per heavy atom. The van der Waals surface area contributed by atoms with Crippen LogP contribution >= 0.6 is 0 Å². The molecule has 2 heteroatoms. The van der Waals surface area contributed by atoms with Crippen molar-refractivity contribution in [2.24, 2.45) is 0 Å². The predicted molar refractivity (Wildman–Crippen MR) is 118 cm³/mol. The van der Waals surface area contributed by atoms with E-state index >= 15 is 0 Å². The van der Waals surface area contributed by atoms with E-state index in [0.29, 0.717) is 12.5 Å². The molecule has 29 heavy (non-hydrogen) atoms. The van der Waals surface area contributed by atoms with E-state index in [1.165, 1.54) is 22.3 Å². The summed E-state index contributed by atoms with van der Waals surface area (Å²) in [5, 5.41) is 0. The number of hydrogen-bond acceptors (Lipinski definition) is 1. The molecule has 148 valence electrons. The highest BCUT2D eigenvalue weighted by Crippen LogP contribution is 2.41. The van der Waals surface area contributed by atoms with Crippen molar-refractivity contribution >= 4 is 0 Å². The zero-order valence-corrected chi connectivity index (χ0v) is 17.3. The molecule has 0 aliphatic heterocycles. The Bertz CT molecular complexity index is 1070. The number of hydrogen-bond donors (Lipinski definition) is 0. The van der Waals surface area contributed by atoms with E-state index < -0.39 is 0 Å². The zero-order valence-electron chi connectivity index (χ0n) is 17.3. The van der Waals surface area contributed by atoms with Crippen LogP contribution in [0.1, 0.15) is 45.7 Å². The minimum atomic E-state index is -0.0657. The van der Waals surface area contributed by atoms with E-state index in [4.69, 9.17) is 0 Å². The van der Waals surface area contributed by atoms with Crippen molar-refractivity contribution in [3.8, 4) is 11.1 Å². The van der Waals surface area contributed by atoms with Crippen LogP contribution in [0.15, 0.2) is 54.6 Å². The maximum absolute atomic E-state index is 14.6. The highest BCUT2D eigenvalue weighted by Gasteiger charge is 2.26. The van der Waals surface area contributed by atoms with Gasteiger partial charge in [-0.25, -0.2) is 4.39 Å². The summed E-state index contributed by atoms with van der Waals surface area (Å²) in [5.74, 6) is 0.350. The van der Waals surface area contributed by atoms with E-state index in [1.54, 1.807) is 17.2 Å². The van der Waals surface area contributed by atoms with Crippen molar-refractivity contribution in [2.45, 2.75) is 44.6 Å². The van der Waals surface area contributed by atoms with Crippen LogP contribution in [-0.4, -0.2) is 19.0 Å². The van der Waals surface area contributed by atoms with Gasteiger partial charge < -0.3 is 4.90 Å². The molecule has 0 fully saturated rings. The van der Waals surface area contributed by atoms with Gasteiger partial charge in [-0.05, 0) is 97.1 Å². The molecule has 0 saturated carbocycles. The number of rotatable bonds is 3. The molecule has 0 radical (unpaired) electrons. The van der Waals surface area contributed by atoms with Gasteiger partial charge in [-0.1, -0.05) is 48.5 Å². The van der Waals surface area contributed by atoms with E-state index in [-0.39, 0.29) is 5.82 Å². The summed E-state index contributed by atoms with van der Waals surface area (Å²) in [4.78, 5) is 2.01. The molecule has 0 aromatic heterocycles. The van der Waals surface area contributed by atoms with Crippen LogP contribution < -0.4 is 0 Å². The SMILES string of the molecule is CN(C)Cc1ccc(C2CCc3c(ccc4c3CCc3ccccc3-4)C2)cc1F. The average Bonchev–Trinajstić information content (AvgIpc) is 2.74. The summed E-state index contributed by atoms with van der Waals surface area (Å²) in [5.41, 5.74) is 10.9. The van der Waals surface area contributed by atoms with Crippen LogP contribution in [0.25, 0.3) is 11.1 Å². The third-order valence-electron chi connectivity index (χ3n) is 6.72. The lowest BCUT2D eigenvalue weighted by Gasteiger charge is -2.30. The minimum Gasteiger partial charge on any atom is -0.305 e. The molecule has 0 bridgehead atoms. The van der Waals surface area contributed by atoms with Crippen LogP contribution in [-0.2, 0) is 32.2 Å². The molecule has 5 rings (SSSR count). The lowest BCUT2D eigenvalue weighted by Crippen LogP contribution is -2.18. The first-order chi connectivity index (χ1) is 14.1. The van der Waals surface area contributed by atoms with Crippen LogP contribution in [0.5, 0.6) is 0 Å². The number of aryl methyl sites for hydroxylation is 1. The monoisotopic (exact) mass is 385 g/mol. The Morgan fingerprint density at radius 2 is 1.72 bits per heavy atom. The Labute approximate surface area is 173 Å². The highest BCUT2D eigenvalue weighted by molar-refractivity contribution is 5.75. The second-order valence-electron chi connectivity index (χ2n) is 8.91. The van der Waals surface area contributed by atoms with Gasteiger partial charge in [-0.2, -0.15) is 0 Å². The molecule has 1 unspecified atom stereocenters. The first-order valence-corrected chi connectivity index (χ1v) is 10.7. The van der Waals surface area contributed by atoms with Gasteiger partial charge in [0.25, 0.3) is 0 Å². The van der Waals surface area contributed by atoms with Crippen LogP contribution in [0.2, 0.25) is 0 Å². The normalized spacial score (nSPS) is 17.6. The molecule has 0 heterocycles. The molecule has 0 amide bonds. The van der Waals surface area contributed by atoms with Crippen molar-refractivity contribution in [3.63, 3.8) is 0 Å². The number of fused-ring (bicyclic) bond motifs is 5. The lowest BCUT2D eigenvalue weighted by molar-refractivity contribution is 0.392. The third-order valence-corrected chi connectivity index (χ3v) is 6.72. The summed E-state index contributed by atoms with van der Waals surface area (Å²) in [6, 6.07) is 19.4. The Hall–Kier alpha value is -2.45. The molecule has 2 aliphatic carbocycles. The molecule has 0 N–H and O–H groups in total. The molecule has 0 spiro atoms. The summed E-state index contributed by atoms with van der Waals surface area (Å²) >= 11 is 0. The third kappa shape index (κ3) is 3.40. The van der Waals surface area contributed by atoms with E-state index in [0.717, 1.165) is 43.2 Å². The van der Waals surface area contributed by atoms with Gasteiger partial charge in [0.05, 0.1) is 0 Å². The Morgan fingerprint density at radius 1 is 0.862 bits per heavy atom. The Kier molecular flexibility index (Phi) is 4.75. The standard InChI is InChI=1S/C27H28FN/c1-29(2)17-22-8-7-20(16-27(22)28)19-10-12-24-21(15-19)11-14-25-23-6-4-3-5-18(23)9-13-26(24)25/h3-8,11,14,16,19H,9-10,12-13,15,17H2,1-2H3. The van der Waals surface area contributed by atoms with Gasteiger partial charge in [0.1, 0.15) is 5.82 Å². The first kappa shape index (κ1) is 18.6. The quantitative estimate of drug-likeness (QED) is 0.540. The van der Waals surface area contributed by atoms with Gasteiger partial charge in [0.2, 0.25) is 0 Å². The van der Waals surface area contributed by atoms with Crippen molar-refractivity contribution in [2.75, 3.05) is 14.1 Å². The van der Waals surface area contributed by atoms with Crippen LogP contribution in [0, 0.1) is 5.82 Å². The number of nitrogens with zero attached hydrogens (tertiary/aromatic N) is 1. The van der Waals surface area contributed by atoms with Gasteiger partial charge >= 0.3 is 0 Å². The van der Waals surface area contributed by atoms with E-state index in [1.807, 2.05) is 25.1 Å². The van der Waals surface area contributed by atoms with Gasteiger partial charge in [0, 0.05) is 12.1 Å². The molecule has 1 nitrogen and oxygen atoms in total. The van der Waals surface area contributed by atoms with Gasteiger partial charge in [0.15, 0.2) is 0 Å². The van der Waals surface area contributed by atoms with Crippen molar-refractivity contribution in [3.05, 3.63) is 93.8 Å². The van der Waals surface area contributed by atoms with Crippen molar-refractivity contribution in [1.82, 2.24) is 4.90 Å². The molecule has 2 aliphatic rings. The predicted octanol–water partition coefficient (Wildman–Crippen LogP) is 5.93. The summed E-state index contributed by atoms with van der Waals surface area (Å²) < 4.78 is 14.6. The van der Waals surface area contributed by atoms with Crippen molar-refractivity contribution in [1.29, 1.82) is 0 Å². The molecule has 0 saturated heterocycles. The fourth-order valence-electron chi connectivity index (χ4n) is 5.30. The number of benzene rings is 3. The second-order valence-corrected chi connectivity index (χ2v) is 8.91. The summed E-state index contributed by atoms with van der Waals surface area (Å²) in [6.07, 6.45) is 5.52. The molecule has 1 atom stereocenters. The maximum atomic E-state index is 14.6. The molecular weight excluding hydrogens is 357 g/mol. The fourth-order valence-corrected chi connectivity index (χ4v) is 5.30.